The Balaban J connectivity index is 1.56. The van der Waals surface area contributed by atoms with Gasteiger partial charge in [-0.25, -0.2) is 4.39 Å². The van der Waals surface area contributed by atoms with Gasteiger partial charge in [0, 0.05) is 30.0 Å². The van der Waals surface area contributed by atoms with Crippen LogP contribution in [0.2, 0.25) is 0 Å². The second kappa shape index (κ2) is 8.21. The van der Waals surface area contributed by atoms with E-state index in [4.69, 9.17) is 4.52 Å². The number of ketones is 1. The van der Waals surface area contributed by atoms with E-state index in [0.717, 1.165) is 31.7 Å². The Morgan fingerprint density at radius 3 is 2.60 bits per heavy atom. The van der Waals surface area contributed by atoms with E-state index in [1.165, 1.54) is 12.1 Å². The Morgan fingerprint density at radius 2 is 2.04 bits per heavy atom. The zero-order chi connectivity index (χ0) is 17.8. The fourth-order valence-corrected chi connectivity index (χ4v) is 3.63. The fraction of sp³-hybridized carbons (Fsp3) is 0.444. The summed E-state index contributed by atoms with van der Waals surface area (Å²) >= 11 is 3.25. The number of halogens is 2. The second-order valence-electron chi connectivity index (χ2n) is 6.34. The van der Waals surface area contributed by atoms with Crippen molar-refractivity contribution in [3.05, 3.63) is 52.1 Å². The van der Waals surface area contributed by atoms with Crippen molar-refractivity contribution >= 4 is 21.7 Å². The number of carbonyl (C=O) groups is 1. The minimum atomic E-state index is -0.337. The van der Waals surface area contributed by atoms with Crippen LogP contribution in [0.25, 0.3) is 0 Å². The lowest BCUT2D eigenvalue weighted by molar-refractivity contribution is 0.0673. The first kappa shape index (κ1) is 18.2. The lowest BCUT2D eigenvalue weighted by Crippen LogP contribution is -2.45. The molecule has 2 heterocycles. The number of aliphatic hydroxyl groups is 1. The third-order valence-corrected chi connectivity index (χ3v) is 5.10. The van der Waals surface area contributed by atoms with Gasteiger partial charge in [0.05, 0.1) is 6.61 Å². The van der Waals surface area contributed by atoms with Crippen LogP contribution in [0, 0.1) is 11.7 Å². The molecule has 7 heteroatoms. The molecular weight excluding hydrogens is 391 g/mol. The molecule has 134 valence electrons. The molecule has 1 saturated heterocycles. The molecule has 1 atom stereocenters. The fourth-order valence-electron chi connectivity index (χ4n) is 3.30. The lowest BCUT2D eigenvalue weighted by Gasteiger charge is -2.36. The minimum absolute atomic E-state index is 0.0227. The maximum atomic E-state index is 13.0. The molecule has 2 aromatic rings. The van der Waals surface area contributed by atoms with E-state index in [0.29, 0.717) is 16.6 Å². The quantitative estimate of drug-likeness (QED) is 0.741. The summed E-state index contributed by atoms with van der Waals surface area (Å²) in [6, 6.07) is 7.47. The van der Waals surface area contributed by atoms with Gasteiger partial charge in [-0.3, -0.25) is 9.69 Å². The smallest absolute Gasteiger partial charge is 0.166 e. The van der Waals surface area contributed by atoms with Crippen molar-refractivity contribution in [2.24, 2.45) is 5.92 Å². The number of Topliss-reactive ketones (excluding diaryl/α,β-unsaturated/α-hetero) is 1. The third-order valence-electron chi connectivity index (χ3n) is 4.72. The van der Waals surface area contributed by atoms with Gasteiger partial charge in [0.15, 0.2) is 5.78 Å². The number of rotatable bonds is 6. The van der Waals surface area contributed by atoms with Gasteiger partial charge in [0.2, 0.25) is 0 Å². The maximum Gasteiger partial charge on any atom is 0.166 e. The zero-order valence-corrected chi connectivity index (χ0v) is 15.3. The van der Waals surface area contributed by atoms with Gasteiger partial charge in [-0.2, -0.15) is 0 Å². The normalized spacial score (nSPS) is 17.6. The van der Waals surface area contributed by atoms with Crippen molar-refractivity contribution in [2.45, 2.75) is 25.3 Å². The Labute approximate surface area is 153 Å². The highest BCUT2D eigenvalue weighted by molar-refractivity contribution is 9.10. The summed E-state index contributed by atoms with van der Waals surface area (Å²) in [5, 5.41) is 13.5. The summed E-state index contributed by atoms with van der Waals surface area (Å²) in [6.07, 6.45) is 2.03. The Morgan fingerprint density at radius 1 is 1.36 bits per heavy atom. The van der Waals surface area contributed by atoms with E-state index in [1.807, 2.05) is 0 Å². The number of likely N-dealkylation sites (tertiary alicyclic amines) is 1. The van der Waals surface area contributed by atoms with Gasteiger partial charge >= 0.3 is 0 Å². The van der Waals surface area contributed by atoms with E-state index < -0.39 is 0 Å². The highest BCUT2D eigenvalue weighted by Crippen LogP contribution is 2.24. The van der Waals surface area contributed by atoms with E-state index in [1.54, 1.807) is 18.2 Å². The molecule has 0 saturated carbocycles. The summed E-state index contributed by atoms with van der Waals surface area (Å²) in [7, 11) is 0. The van der Waals surface area contributed by atoms with Gasteiger partial charge in [0.1, 0.15) is 16.2 Å². The number of benzene rings is 1. The molecule has 1 aromatic heterocycles. The number of aliphatic hydroxyl groups excluding tert-OH is 1. The molecule has 0 aliphatic carbocycles. The number of nitrogens with zero attached hydrogens (tertiary/aromatic N) is 2. The molecule has 1 N–H and O–H groups in total. The standard InChI is InChI=1S/C18H20BrFN2O3/c19-17-10-16(25-21-17)9-15(11-23)22-7-5-13(6-8-22)18(24)12-1-3-14(20)4-2-12/h1-4,10,13,15,23H,5-9,11H2. The molecule has 25 heavy (non-hydrogen) atoms. The van der Waals surface area contributed by atoms with Crippen LogP contribution < -0.4 is 0 Å². The summed E-state index contributed by atoms with van der Waals surface area (Å²) < 4.78 is 18.8. The largest absolute Gasteiger partial charge is 0.395 e. The average Bonchev–Trinajstić information content (AvgIpc) is 3.05. The van der Waals surface area contributed by atoms with E-state index in [9.17, 15) is 14.3 Å². The summed E-state index contributed by atoms with van der Waals surface area (Å²) in [5.74, 6) is 0.395. The number of aromatic nitrogens is 1. The zero-order valence-electron chi connectivity index (χ0n) is 13.7. The van der Waals surface area contributed by atoms with Crippen molar-refractivity contribution in [3.8, 4) is 0 Å². The van der Waals surface area contributed by atoms with Gasteiger partial charge in [-0.05, 0) is 66.1 Å². The van der Waals surface area contributed by atoms with Crippen LogP contribution in [0.1, 0.15) is 29.0 Å². The molecule has 0 bridgehead atoms. The van der Waals surface area contributed by atoms with Crippen LogP contribution in [-0.4, -0.2) is 46.7 Å². The molecule has 1 unspecified atom stereocenters. The molecule has 0 radical (unpaired) electrons. The highest BCUT2D eigenvalue weighted by Gasteiger charge is 2.29. The average molecular weight is 411 g/mol. The summed E-state index contributed by atoms with van der Waals surface area (Å²) in [4.78, 5) is 14.7. The number of hydrogen-bond donors (Lipinski definition) is 1. The molecule has 1 aliphatic rings. The van der Waals surface area contributed by atoms with Crippen LogP contribution >= 0.6 is 15.9 Å². The molecule has 0 amide bonds. The van der Waals surface area contributed by atoms with Gasteiger partial charge in [-0.15, -0.1) is 0 Å². The van der Waals surface area contributed by atoms with E-state index in [-0.39, 0.29) is 30.2 Å². The first-order chi connectivity index (χ1) is 12.1. The van der Waals surface area contributed by atoms with E-state index in [2.05, 4.69) is 26.0 Å². The molecular formula is C18H20BrFN2O3. The molecule has 1 aliphatic heterocycles. The summed E-state index contributed by atoms with van der Waals surface area (Å²) in [5.41, 5.74) is 0.560. The topological polar surface area (TPSA) is 66.6 Å². The molecule has 3 rings (SSSR count). The molecule has 0 spiro atoms. The van der Waals surface area contributed by atoms with Gasteiger partial charge in [0.25, 0.3) is 0 Å². The van der Waals surface area contributed by atoms with Crippen LogP contribution in [0.4, 0.5) is 4.39 Å². The van der Waals surface area contributed by atoms with Crippen LogP contribution in [0.15, 0.2) is 39.5 Å². The first-order valence-electron chi connectivity index (χ1n) is 8.32. The van der Waals surface area contributed by atoms with E-state index >= 15 is 0 Å². The Bertz CT molecular complexity index is 711. The lowest BCUT2D eigenvalue weighted by atomic mass is 9.88. The SMILES string of the molecule is O=C(c1ccc(F)cc1)C1CCN(C(CO)Cc2cc(Br)no2)CC1. The first-order valence-corrected chi connectivity index (χ1v) is 9.12. The van der Waals surface area contributed by atoms with Crippen molar-refractivity contribution in [1.82, 2.24) is 10.1 Å². The molecule has 5 nitrogen and oxygen atoms in total. The predicted molar refractivity (Wildman–Crippen MR) is 93.8 cm³/mol. The van der Waals surface area contributed by atoms with Crippen molar-refractivity contribution in [3.63, 3.8) is 0 Å². The molecule has 1 fully saturated rings. The maximum absolute atomic E-state index is 13.0. The van der Waals surface area contributed by atoms with Gasteiger partial charge in [-0.1, -0.05) is 5.16 Å². The van der Waals surface area contributed by atoms with Crippen LogP contribution in [-0.2, 0) is 6.42 Å². The third kappa shape index (κ3) is 4.54. The second-order valence-corrected chi connectivity index (χ2v) is 7.15. The minimum Gasteiger partial charge on any atom is -0.395 e. The van der Waals surface area contributed by atoms with Crippen molar-refractivity contribution < 1.29 is 18.8 Å². The van der Waals surface area contributed by atoms with Crippen LogP contribution in [0.5, 0.6) is 0 Å². The monoisotopic (exact) mass is 410 g/mol. The number of piperidine rings is 1. The Kier molecular flexibility index (Phi) is 5.98. The van der Waals surface area contributed by atoms with Crippen molar-refractivity contribution in [1.29, 1.82) is 0 Å². The highest BCUT2D eigenvalue weighted by atomic mass is 79.9. The predicted octanol–water partition coefficient (Wildman–Crippen LogP) is 3.07. The van der Waals surface area contributed by atoms with Crippen LogP contribution in [0.3, 0.4) is 0 Å². The Hall–Kier alpha value is -1.57. The van der Waals surface area contributed by atoms with Crippen molar-refractivity contribution in [2.75, 3.05) is 19.7 Å². The number of carbonyl (C=O) groups excluding carboxylic acids is 1. The summed E-state index contributed by atoms with van der Waals surface area (Å²) in [6.45, 7) is 1.49. The number of hydrogen-bond acceptors (Lipinski definition) is 5. The molecule has 1 aromatic carbocycles. The van der Waals surface area contributed by atoms with Gasteiger partial charge < -0.3 is 9.63 Å².